The molecule has 156 valence electrons. The van der Waals surface area contributed by atoms with Crippen LogP contribution >= 0.6 is 12.2 Å². The zero-order valence-corrected chi connectivity index (χ0v) is 18.4. The Morgan fingerprint density at radius 3 is 2.57 bits per heavy atom. The van der Waals surface area contributed by atoms with Crippen LogP contribution in [0, 0.1) is 6.92 Å². The first kappa shape index (κ1) is 20.2. The van der Waals surface area contributed by atoms with Gasteiger partial charge in [0, 0.05) is 24.7 Å². The third-order valence-corrected chi connectivity index (χ3v) is 6.11. The monoisotopic (exact) mass is 423 g/mol. The lowest BCUT2D eigenvalue weighted by Gasteiger charge is -2.39. The minimum atomic E-state index is -0.331. The van der Waals surface area contributed by atoms with Gasteiger partial charge in [0.2, 0.25) is 0 Å². The molecule has 2 aromatic carbocycles. The molecule has 0 saturated heterocycles. The predicted molar refractivity (Wildman–Crippen MR) is 123 cm³/mol. The maximum atomic E-state index is 13.2. The summed E-state index contributed by atoms with van der Waals surface area (Å²) in [5, 5.41) is 4.65. The van der Waals surface area contributed by atoms with Crippen molar-refractivity contribution in [2.75, 3.05) is 27.8 Å². The fourth-order valence-corrected chi connectivity index (χ4v) is 4.38. The number of H-pyrrole nitrogens is 1. The molecule has 1 aromatic heterocycles. The number of nitrogens with one attached hydrogen (secondary N) is 2. The molecule has 0 saturated carbocycles. The van der Waals surface area contributed by atoms with Crippen LogP contribution in [0.4, 0.5) is 0 Å². The van der Waals surface area contributed by atoms with Crippen LogP contribution in [0.25, 0.3) is 10.9 Å². The highest BCUT2D eigenvalue weighted by Gasteiger charge is 2.33. The zero-order valence-electron chi connectivity index (χ0n) is 17.5. The highest BCUT2D eigenvalue weighted by atomic mass is 32.1. The lowest BCUT2D eigenvalue weighted by atomic mass is 9.88. The smallest absolute Gasteiger partial charge is 0.254 e. The molecule has 1 unspecified atom stereocenters. The molecule has 6 nitrogen and oxygen atoms in total. The number of aromatic nitrogens is 1. The van der Waals surface area contributed by atoms with Gasteiger partial charge in [-0.25, -0.2) is 0 Å². The minimum Gasteiger partial charge on any atom is -0.493 e. The average Bonchev–Trinajstić information content (AvgIpc) is 2.76. The summed E-state index contributed by atoms with van der Waals surface area (Å²) in [7, 11) is 5.04. The van der Waals surface area contributed by atoms with Gasteiger partial charge in [-0.15, -0.1) is 0 Å². The molecule has 0 bridgehead atoms. The predicted octanol–water partition coefficient (Wildman–Crippen LogP) is 3.31. The normalized spacial score (nSPS) is 15.6. The van der Waals surface area contributed by atoms with Crippen molar-refractivity contribution in [2.24, 2.45) is 0 Å². The minimum absolute atomic E-state index is 0.121. The molecule has 0 radical (unpaired) electrons. The number of rotatable bonds is 3. The second-order valence-electron chi connectivity index (χ2n) is 7.45. The Morgan fingerprint density at radius 1 is 1.13 bits per heavy atom. The second kappa shape index (κ2) is 7.99. The second-order valence-corrected chi connectivity index (χ2v) is 7.84. The van der Waals surface area contributed by atoms with E-state index in [2.05, 4.69) is 15.2 Å². The van der Waals surface area contributed by atoms with Crippen molar-refractivity contribution in [1.82, 2.24) is 15.2 Å². The van der Waals surface area contributed by atoms with Crippen molar-refractivity contribution in [1.29, 1.82) is 0 Å². The number of nitrogens with zero attached hydrogens (tertiary/aromatic N) is 1. The van der Waals surface area contributed by atoms with Crippen LogP contribution in [0.1, 0.15) is 28.3 Å². The molecule has 0 fully saturated rings. The number of hydrogen-bond donors (Lipinski definition) is 2. The van der Waals surface area contributed by atoms with E-state index in [0.717, 1.165) is 34.0 Å². The molecule has 0 spiro atoms. The van der Waals surface area contributed by atoms with Gasteiger partial charge >= 0.3 is 0 Å². The molecule has 3 aromatic rings. The van der Waals surface area contributed by atoms with Gasteiger partial charge in [-0.2, -0.15) is 0 Å². The van der Waals surface area contributed by atoms with Crippen LogP contribution in [0.5, 0.6) is 11.5 Å². The van der Waals surface area contributed by atoms with Crippen LogP contribution in [0.15, 0.2) is 41.2 Å². The van der Waals surface area contributed by atoms with Gasteiger partial charge in [-0.1, -0.05) is 12.1 Å². The maximum absolute atomic E-state index is 13.2. The summed E-state index contributed by atoms with van der Waals surface area (Å²) in [6, 6.07) is 11.7. The maximum Gasteiger partial charge on any atom is 0.254 e. The summed E-state index contributed by atoms with van der Waals surface area (Å²) < 4.78 is 11.0. The van der Waals surface area contributed by atoms with Crippen molar-refractivity contribution in [2.45, 2.75) is 19.4 Å². The molecular formula is C23H25N3O3S. The Balaban J connectivity index is 1.96. The largest absolute Gasteiger partial charge is 0.493 e. The van der Waals surface area contributed by atoms with E-state index in [1.807, 2.05) is 43.3 Å². The van der Waals surface area contributed by atoms with Crippen LogP contribution in [-0.2, 0) is 6.42 Å². The van der Waals surface area contributed by atoms with Crippen LogP contribution in [0.2, 0.25) is 0 Å². The van der Waals surface area contributed by atoms with Gasteiger partial charge in [0.15, 0.2) is 16.6 Å². The van der Waals surface area contributed by atoms with E-state index in [0.29, 0.717) is 28.7 Å². The Labute approximate surface area is 180 Å². The van der Waals surface area contributed by atoms with Crippen LogP contribution < -0.4 is 20.3 Å². The number of benzene rings is 2. The fourth-order valence-electron chi connectivity index (χ4n) is 4.18. The van der Waals surface area contributed by atoms with Gasteiger partial charge in [0.1, 0.15) is 0 Å². The van der Waals surface area contributed by atoms with E-state index >= 15 is 0 Å². The van der Waals surface area contributed by atoms with Crippen LogP contribution in [-0.4, -0.2) is 42.8 Å². The third-order valence-electron chi connectivity index (χ3n) is 5.67. The standard InChI is InChI=1S/C23H25N3O3S/c1-13-5-6-15-10-17(22(27)25-18(15)9-13)21-16-12-20(29-4)19(28-3)11-14(16)7-8-26(21)23(30)24-2/h5-6,9-12,21H,7-8H2,1-4H3,(H,24,30)(H,25,27). The SMILES string of the molecule is CNC(=S)N1CCc2cc(OC)c(OC)cc2C1c1cc2ccc(C)cc2[nH]c1=O. The summed E-state index contributed by atoms with van der Waals surface area (Å²) >= 11 is 5.59. The van der Waals surface area contributed by atoms with E-state index in [1.54, 1.807) is 21.3 Å². The van der Waals surface area contributed by atoms with Gasteiger partial charge in [0.25, 0.3) is 5.56 Å². The van der Waals surface area contributed by atoms with Gasteiger partial charge in [-0.05, 0) is 71.9 Å². The van der Waals surface area contributed by atoms with Gasteiger partial charge < -0.3 is 24.7 Å². The topological polar surface area (TPSA) is 66.6 Å². The molecular weight excluding hydrogens is 398 g/mol. The van der Waals surface area contributed by atoms with Crippen molar-refractivity contribution in [3.8, 4) is 11.5 Å². The lowest BCUT2D eigenvalue weighted by molar-refractivity contribution is 0.324. The lowest BCUT2D eigenvalue weighted by Crippen LogP contribution is -2.46. The molecule has 7 heteroatoms. The highest BCUT2D eigenvalue weighted by Crippen LogP contribution is 2.40. The van der Waals surface area contributed by atoms with Crippen molar-refractivity contribution in [3.05, 3.63) is 69.0 Å². The van der Waals surface area contributed by atoms with E-state index in [1.165, 1.54) is 0 Å². The van der Waals surface area contributed by atoms with Gasteiger partial charge in [-0.3, -0.25) is 4.79 Å². The summed E-state index contributed by atoms with van der Waals surface area (Å²) in [6.45, 7) is 2.70. The molecule has 4 rings (SSSR count). The molecule has 2 N–H and O–H groups in total. The number of aromatic amines is 1. The number of thiocarbonyl (C=S) groups is 1. The Morgan fingerprint density at radius 2 is 1.87 bits per heavy atom. The Bertz CT molecular complexity index is 1190. The summed E-state index contributed by atoms with van der Waals surface area (Å²) in [5.41, 5.74) is 4.57. The van der Waals surface area contributed by atoms with E-state index in [4.69, 9.17) is 21.7 Å². The quantitative estimate of drug-likeness (QED) is 0.630. The van der Waals surface area contributed by atoms with Crippen molar-refractivity contribution in [3.63, 3.8) is 0 Å². The van der Waals surface area contributed by atoms with E-state index in [9.17, 15) is 4.79 Å². The highest BCUT2D eigenvalue weighted by molar-refractivity contribution is 7.80. The van der Waals surface area contributed by atoms with E-state index in [-0.39, 0.29) is 11.6 Å². The first-order chi connectivity index (χ1) is 14.5. The number of pyridine rings is 1. The van der Waals surface area contributed by atoms with Crippen LogP contribution in [0.3, 0.4) is 0 Å². The molecule has 1 aliphatic rings. The molecule has 0 aliphatic carbocycles. The average molecular weight is 424 g/mol. The Kier molecular flexibility index (Phi) is 5.39. The number of fused-ring (bicyclic) bond motifs is 2. The molecule has 1 aliphatic heterocycles. The third kappa shape index (κ3) is 3.39. The molecule has 1 atom stereocenters. The summed E-state index contributed by atoms with van der Waals surface area (Å²) in [6.07, 6.45) is 0.790. The number of aryl methyl sites for hydroxylation is 1. The zero-order chi connectivity index (χ0) is 21.4. The number of ether oxygens (including phenoxy) is 2. The van der Waals surface area contributed by atoms with Crippen molar-refractivity contribution >= 4 is 28.2 Å². The molecule has 30 heavy (non-hydrogen) atoms. The number of methoxy groups -OCH3 is 2. The van der Waals surface area contributed by atoms with Crippen molar-refractivity contribution < 1.29 is 9.47 Å². The first-order valence-electron chi connectivity index (χ1n) is 9.83. The fraction of sp³-hybridized carbons (Fsp3) is 0.304. The van der Waals surface area contributed by atoms with E-state index < -0.39 is 0 Å². The summed E-state index contributed by atoms with van der Waals surface area (Å²) in [5.74, 6) is 1.31. The molecule has 2 heterocycles. The van der Waals surface area contributed by atoms with Gasteiger partial charge in [0.05, 0.1) is 20.3 Å². The first-order valence-corrected chi connectivity index (χ1v) is 10.2. The Hall–Kier alpha value is -3.06. The number of hydrogen-bond acceptors (Lipinski definition) is 4. The molecule has 0 amide bonds. The summed E-state index contributed by atoms with van der Waals surface area (Å²) in [4.78, 5) is 18.3.